The van der Waals surface area contributed by atoms with E-state index in [2.05, 4.69) is 28.2 Å². The van der Waals surface area contributed by atoms with Crippen LogP contribution in [0.1, 0.15) is 22.8 Å². The van der Waals surface area contributed by atoms with Crippen molar-refractivity contribution in [3.05, 3.63) is 59.8 Å². The van der Waals surface area contributed by atoms with Crippen LogP contribution >= 0.6 is 11.8 Å². The largest absolute Gasteiger partial charge is 0.496 e. The standard InChI is InChI=1S/C22H22N4O2S/c1-4-14-8-7-10-15-17(12-23-20(14)15)18(27)13-29-22-25-24-21(26(22)2)16-9-5-6-11-19(16)28-3/h5-12,23H,4,13H2,1-3H3. The van der Waals surface area contributed by atoms with Gasteiger partial charge < -0.3 is 14.3 Å². The van der Waals surface area contributed by atoms with E-state index >= 15 is 0 Å². The molecule has 0 atom stereocenters. The van der Waals surface area contributed by atoms with Gasteiger partial charge in [-0.3, -0.25) is 4.79 Å². The van der Waals surface area contributed by atoms with Crippen LogP contribution in [0.4, 0.5) is 0 Å². The number of nitrogens with one attached hydrogen (secondary N) is 1. The first-order valence-corrected chi connectivity index (χ1v) is 10.4. The highest BCUT2D eigenvalue weighted by Crippen LogP contribution is 2.30. The topological polar surface area (TPSA) is 72.8 Å². The number of aromatic nitrogens is 4. The molecule has 0 unspecified atom stereocenters. The van der Waals surface area contributed by atoms with Crippen molar-refractivity contribution < 1.29 is 9.53 Å². The molecule has 2 aromatic heterocycles. The predicted molar refractivity (Wildman–Crippen MR) is 116 cm³/mol. The molecule has 0 aliphatic rings. The highest BCUT2D eigenvalue weighted by molar-refractivity contribution is 7.99. The maximum Gasteiger partial charge on any atom is 0.191 e. The molecular weight excluding hydrogens is 384 g/mol. The van der Waals surface area contributed by atoms with E-state index in [0.717, 1.165) is 34.2 Å². The first-order chi connectivity index (χ1) is 14.1. The summed E-state index contributed by atoms with van der Waals surface area (Å²) in [5.41, 5.74) is 3.84. The molecule has 1 N–H and O–H groups in total. The number of carbonyl (C=O) groups is 1. The zero-order valence-electron chi connectivity index (χ0n) is 16.6. The Balaban J connectivity index is 1.55. The van der Waals surface area contributed by atoms with Crippen LogP contribution in [0.3, 0.4) is 0 Å². The Morgan fingerprint density at radius 3 is 2.79 bits per heavy atom. The molecule has 148 valence electrons. The van der Waals surface area contributed by atoms with Gasteiger partial charge >= 0.3 is 0 Å². The first kappa shape index (κ1) is 19.3. The summed E-state index contributed by atoms with van der Waals surface area (Å²) in [5, 5.41) is 10.2. The van der Waals surface area contributed by atoms with Gasteiger partial charge in [0.05, 0.1) is 18.4 Å². The van der Waals surface area contributed by atoms with Crippen LogP contribution < -0.4 is 4.74 Å². The van der Waals surface area contributed by atoms with Crippen LogP contribution in [0, 0.1) is 0 Å². The quantitative estimate of drug-likeness (QED) is 0.361. The van der Waals surface area contributed by atoms with Crippen LogP contribution in [0.25, 0.3) is 22.3 Å². The highest BCUT2D eigenvalue weighted by atomic mass is 32.2. The number of H-pyrrole nitrogens is 1. The third-order valence-corrected chi connectivity index (χ3v) is 6.02. The van der Waals surface area contributed by atoms with Crippen molar-refractivity contribution in [3.8, 4) is 17.1 Å². The van der Waals surface area contributed by atoms with Crippen LogP contribution in [0.15, 0.2) is 53.8 Å². The average Bonchev–Trinajstić information content (AvgIpc) is 3.35. The molecule has 29 heavy (non-hydrogen) atoms. The Labute approximate surface area is 173 Å². The van der Waals surface area contributed by atoms with E-state index < -0.39 is 0 Å². The van der Waals surface area contributed by atoms with Gasteiger partial charge in [-0.2, -0.15) is 0 Å². The maximum absolute atomic E-state index is 12.9. The Morgan fingerprint density at radius 1 is 1.17 bits per heavy atom. The Kier molecular flexibility index (Phi) is 5.40. The summed E-state index contributed by atoms with van der Waals surface area (Å²) in [6.07, 6.45) is 2.73. The molecule has 4 rings (SSSR count). The third-order valence-electron chi connectivity index (χ3n) is 5.00. The fourth-order valence-electron chi connectivity index (χ4n) is 3.45. The number of hydrogen-bond donors (Lipinski definition) is 1. The summed E-state index contributed by atoms with van der Waals surface area (Å²) in [6.45, 7) is 2.11. The number of thioether (sulfide) groups is 1. The number of methoxy groups -OCH3 is 1. The number of fused-ring (bicyclic) bond motifs is 1. The summed E-state index contributed by atoms with van der Waals surface area (Å²) in [6, 6.07) is 13.8. The van der Waals surface area contributed by atoms with Crippen molar-refractivity contribution >= 4 is 28.4 Å². The molecule has 7 heteroatoms. The minimum atomic E-state index is 0.0661. The van der Waals surface area contributed by atoms with Gasteiger partial charge in [0.1, 0.15) is 5.75 Å². The van der Waals surface area contributed by atoms with E-state index in [1.54, 1.807) is 7.11 Å². The van der Waals surface area contributed by atoms with Crippen LogP contribution in [0.5, 0.6) is 5.75 Å². The fourth-order valence-corrected chi connectivity index (χ4v) is 4.25. The second-order valence-electron chi connectivity index (χ2n) is 6.67. The lowest BCUT2D eigenvalue weighted by atomic mass is 10.1. The summed E-state index contributed by atoms with van der Waals surface area (Å²) >= 11 is 1.39. The van der Waals surface area contributed by atoms with Crippen molar-refractivity contribution in [3.63, 3.8) is 0 Å². The molecule has 4 aromatic rings. The summed E-state index contributed by atoms with van der Waals surface area (Å²) in [4.78, 5) is 16.1. The first-order valence-electron chi connectivity index (χ1n) is 9.41. The molecule has 6 nitrogen and oxygen atoms in total. The minimum absolute atomic E-state index is 0.0661. The van der Waals surface area contributed by atoms with Gasteiger partial charge in [-0.15, -0.1) is 10.2 Å². The second kappa shape index (κ2) is 8.13. The third kappa shape index (κ3) is 3.53. The molecule has 0 radical (unpaired) electrons. The lowest BCUT2D eigenvalue weighted by Gasteiger charge is -2.08. The van der Waals surface area contributed by atoms with Gasteiger partial charge in [0.2, 0.25) is 0 Å². The maximum atomic E-state index is 12.9. The van der Waals surface area contributed by atoms with Crippen molar-refractivity contribution in [2.75, 3.05) is 12.9 Å². The van der Waals surface area contributed by atoms with Gasteiger partial charge in [0.25, 0.3) is 0 Å². The van der Waals surface area contributed by atoms with Crippen molar-refractivity contribution in [1.29, 1.82) is 0 Å². The van der Waals surface area contributed by atoms with Gasteiger partial charge in [-0.05, 0) is 24.1 Å². The number of rotatable bonds is 7. The van der Waals surface area contributed by atoms with E-state index in [1.807, 2.05) is 54.2 Å². The van der Waals surface area contributed by atoms with E-state index in [1.165, 1.54) is 17.3 Å². The molecule has 2 heterocycles. The molecule has 0 amide bonds. The number of aryl methyl sites for hydroxylation is 1. The van der Waals surface area contributed by atoms with Crippen molar-refractivity contribution in [2.45, 2.75) is 18.5 Å². The number of ketones is 1. The number of nitrogens with zero attached hydrogens (tertiary/aromatic N) is 3. The Morgan fingerprint density at radius 2 is 2.00 bits per heavy atom. The molecular formula is C22H22N4O2S. The molecule has 0 saturated carbocycles. The average molecular weight is 407 g/mol. The summed E-state index contributed by atoms with van der Waals surface area (Å²) < 4.78 is 7.31. The second-order valence-corrected chi connectivity index (χ2v) is 7.62. The predicted octanol–water partition coefficient (Wildman–Crippen LogP) is 4.51. The van der Waals surface area contributed by atoms with Crippen LogP contribution in [0.2, 0.25) is 0 Å². The number of carbonyl (C=O) groups excluding carboxylic acids is 1. The van der Waals surface area contributed by atoms with Gasteiger partial charge in [0.15, 0.2) is 16.8 Å². The normalized spacial score (nSPS) is 11.1. The van der Waals surface area contributed by atoms with Crippen molar-refractivity contribution in [1.82, 2.24) is 19.7 Å². The zero-order chi connectivity index (χ0) is 20.4. The van der Waals surface area contributed by atoms with Crippen molar-refractivity contribution in [2.24, 2.45) is 7.05 Å². The summed E-state index contributed by atoms with van der Waals surface area (Å²) in [7, 11) is 3.53. The van der Waals surface area contributed by atoms with Gasteiger partial charge in [-0.25, -0.2) is 0 Å². The molecule has 0 aliphatic heterocycles. The molecule has 0 fully saturated rings. The summed E-state index contributed by atoms with van der Waals surface area (Å²) in [5.74, 6) is 1.80. The minimum Gasteiger partial charge on any atom is -0.496 e. The molecule has 0 bridgehead atoms. The number of para-hydroxylation sites is 2. The zero-order valence-corrected chi connectivity index (χ0v) is 17.4. The highest BCUT2D eigenvalue weighted by Gasteiger charge is 2.18. The molecule has 2 aromatic carbocycles. The fraction of sp³-hybridized carbons (Fsp3) is 0.227. The van der Waals surface area contributed by atoms with E-state index in [4.69, 9.17) is 4.74 Å². The SMILES string of the molecule is CCc1cccc2c(C(=O)CSc3nnc(-c4ccccc4OC)n3C)c[nH]c12. The van der Waals surface area contributed by atoms with E-state index in [9.17, 15) is 4.79 Å². The number of hydrogen-bond acceptors (Lipinski definition) is 5. The molecule has 0 aliphatic carbocycles. The number of Topliss-reactive ketones (excluding diaryl/α,β-unsaturated/α-hetero) is 1. The lowest BCUT2D eigenvalue weighted by molar-refractivity contribution is 0.102. The van der Waals surface area contributed by atoms with Gasteiger partial charge in [-0.1, -0.05) is 49.0 Å². The monoisotopic (exact) mass is 406 g/mol. The Bertz CT molecular complexity index is 1180. The van der Waals surface area contributed by atoms with Gasteiger partial charge in [0, 0.05) is 29.7 Å². The lowest BCUT2D eigenvalue weighted by Crippen LogP contribution is -2.03. The number of benzene rings is 2. The smallest absolute Gasteiger partial charge is 0.191 e. The van der Waals surface area contributed by atoms with Crippen LogP contribution in [-0.2, 0) is 13.5 Å². The van der Waals surface area contributed by atoms with E-state index in [-0.39, 0.29) is 5.78 Å². The number of aromatic amines is 1. The molecule has 0 saturated heterocycles. The van der Waals surface area contributed by atoms with Crippen LogP contribution in [-0.4, -0.2) is 38.4 Å². The number of ether oxygens (including phenoxy) is 1. The van der Waals surface area contributed by atoms with E-state index in [0.29, 0.717) is 16.7 Å². The Hall–Kier alpha value is -3.06. The molecule has 0 spiro atoms.